The highest BCUT2D eigenvalue weighted by atomic mass is 35.5. The Morgan fingerprint density at radius 1 is 1.14 bits per heavy atom. The van der Waals surface area contributed by atoms with Crippen molar-refractivity contribution >= 4 is 29.1 Å². The predicted octanol–water partition coefficient (Wildman–Crippen LogP) is -2.10. The third kappa shape index (κ3) is 4.43. The number of halogens is 2. The SMILES string of the molecule is CN1CCN(C2CC(Cl)NCC2NC(=O)C2C(N)NN3CC(Cl)CNC23)CC1. The zero-order valence-corrected chi connectivity index (χ0v) is 17.8. The third-order valence-corrected chi connectivity index (χ3v) is 7.06. The summed E-state index contributed by atoms with van der Waals surface area (Å²) in [5.41, 5.74) is 9.38. The second-order valence-corrected chi connectivity index (χ2v) is 9.56. The Bertz CT molecular complexity index is 563. The number of amides is 1. The molecule has 4 aliphatic rings. The van der Waals surface area contributed by atoms with Gasteiger partial charge >= 0.3 is 0 Å². The first-order valence-corrected chi connectivity index (χ1v) is 11.1. The molecular formula is C17H32Cl2N8O. The largest absolute Gasteiger partial charge is 0.350 e. The van der Waals surface area contributed by atoms with Crippen molar-refractivity contribution < 1.29 is 4.79 Å². The van der Waals surface area contributed by atoms with Gasteiger partial charge in [-0.1, -0.05) is 0 Å². The van der Waals surface area contributed by atoms with E-state index in [-0.39, 0.29) is 41.0 Å². The standard InChI is InChI=1S/C17H32Cl2N8O/c1-25-2-4-26(5-3-25)12-6-13(19)21-8-11(12)23-17(28)14-15(20)24-27-9-10(18)7-22-16(14)27/h10-16,21-22,24H,2-9,20H2,1H3,(H,23,28). The number of hydrogen-bond acceptors (Lipinski definition) is 8. The molecule has 0 aromatic rings. The fraction of sp³-hybridized carbons (Fsp3) is 0.941. The summed E-state index contributed by atoms with van der Waals surface area (Å²) in [6.45, 7) is 6.07. The van der Waals surface area contributed by atoms with Gasteiger partial charge in [-0.05, 0) is 13.5 Å². The molecule has 7 atom stereocenters. The molecule has 11 heteroatoms. The van der Waals surface area contributed by atoms with E-state index in [9.17, 15) is 4.79 Å². The highest BCUT2D eigenvalue weighted by Crippen LogP contribution is 2.24. The van der Waals surface area contributed by atoms with Crippen molar-refractivity contribution in [3.63, 3.8) is 0 Å². The van der Waals surface area contributed by atoms with Crippen LogP contribution >= 0.6 is 23.2 Å². The van der Waals surface area contributed by atoms with Gasteiger partial charge in [0.15, 0.2) is 0 Å². The van der Waals surface area contributed by atoms with E-state index in [1.165, 1.54) is 0 Å². The first kappa shape index (κ1) is 21.0. The fourth-order valence-corrected chi connectivity index (χ4v) is 5.32. The van der Waals surface area contributed by atoms with Gasteiger partial charge in [-0.2, -0.15) is 0 Å². The zero-order valence-electron chi connectivity index (χ0n) is 16.3. The summed E-state index contributed by atoms with van der Waals surface area (Å²) in [4.78, 5) is 18.0. The minimum Gasteiger partial charge on any atom is -0.350 e. The van der Waals surface area contributed by atoms with Crippen LogP contribution in [0.2, 0.25) is 0 Å². The van der Waals surface area contributed by atoms with Crippen LogP contribution in [-0.2, 0) is 4.79 Å². The second kappa shape index (κ2) is 8.87. The third-order valence-electron chi connectivity index (χ3n) is 6.43. The first-order valence-electron chi connectivity index (χ1n) is 10.2. The van der Waals surface area contributed by atoms with Crippen LogP contribution < -0.4 is 27.1 Å². The molecule has 4 rings (SSSR count). The topological polar surface area (TPSA) is 101 Å². The Morgan fingerprint density at radius 3 is 2.64 bits per heavy atom. The second-order valence-electron chi connectivity index (χ2n) is 8.42. The van der Waals surface area contributed by atoms with Crippen molar-refractivity contribution in [1.82, 2.24) is 36.2 Å². The molecule has 9 nitrogen and oxygen atoms in total. The average Bonchev–Trinajstić information content (AvgIpc) is 2.98. The molecule has 7 unspecified atom stereocenters. The number of rotatable bonds is 3. The number of carbonyl (C=O) groups is 1. The molecule has 28 heavy (non-hydrogen) atoms. The normalized spacial score (nSPS) is 43.6. The quantitative estimate of drug-likeness (QED) is 0.254. The van der Waals surface area contributed by atoms with Gasteiger partial charge in [-0.25, -0.2) is 10.4 Å². The van der Waals surface area contributed by atoms with Crippen LogP contribution in [0.5, 0.6) is 0 Å². The van der Waals surface area contributed by atoms with Gasteiger partial charge in [0.2, 0.25) is 5.91 Å². The molecular weight excluding hydrogens is 403 g/mol. The number of alkyl halides is 2. The van der Waals surface area contributed by atoms with Crippen LogP contribution in [0, 0.1) is 5.92 Å². The summed E-state index contributed by atoms with van der Waals surface area (Å²) in [6.07, 6.45) is 0.246. The number of piperazine rings is 1. The van der Waals surface area contributed by atoms with E-state index in [2.05, 4.69) is 38.2 Å². The summed E-state index contributed by atoms with van der Waals surface area (Å²) in [5, 5.41) is 11.9. The molecule has 0 bridgehead atoms. The maximum Gasteiger partial charge on any atom is 0.229 e. The number of piperidine rings is 1. The Kier molecular flexibility index (Phi) is 6.66. The molecule has 0 aliphatic carbocycles. The number of nitrogens with two attached hydrogens (primary N) is 1. The van der Waals surface area contributed by atoms with E-state index < -0.39 is 6.17 Å². The van der Waals surface area contributed by atoms with E-state index in [1.54, 1.807) is 0 Å². The zero-order chi connectivity index (χ0) is 19.8. The molecule has 0 radical (unpaired) electrons. The van der Waals surface area contributed by atoms with E-state index in [1.807, 2.05) is 5.01 Å². The first-order chi connectivity index (χ1) is 13.4. The number of carbonyl (C=O) groups excluding carboxylic acids is 1. The summed E-state index contributed by atoms with van der Waals surface area (Å²) in [7, 11) is 2.15. The number of fused-ring (bicyclic) bond motifs is 1. The fourth-order valence-electron chi connectivity index (χ4n) is 4.81. The maximum absolute atomic E-state index is 13.2. The van der Waals surface area contributed by atoms with Crippen molar-refractivity contribution in [1.29, 1.82) is 0 Å². The van der Waals surface area contributed by atoms with E-state index in [0.717, 1.165) is 32.6 Å². The van der Waals surface area contributed by atoms with Gasteiger partial charge in [0.25, 0.3) is 0 Å². The van der Waals surface area contributed by atoms with Crippen LogP contribution in [0.4, 0.5) is 0 Å². The number of hydrazine groups is 1. The molecule has 0 aromatic carbocycles. The highest BCUT2D eigenvalue weighted by Gasteiger charge is 2.47. The van der Waals surface area contributed by atoms with Gasteiger partial charge in [0.05, 0.1) is 35.2 Å². The Labute approximate surface area is 176 Å². The molecule has 160 valence electrons. The molecule has 1 amide bonds. The molecule has 0 aromatic heterocycles. The van der Waals surface area contributed by atoms with Gasteiger partial charge in [-0.3, -0.25) is 20.3 Å². The number of nitrogens with one attached hydrogen (secondary N) is 4. The molecule has 4 aliphatic heterocycles. The molecule has 4 heterocycles. The number of nitrogens with zero attached hydrogens (tertiary/aromatic N) is 3. The lowest BCUT2D eigenvalue weighted by atomic mass is 9.95. The van der Waals surface area contributed by atoms with Gasteiger partial charge in [-0.15, -0.1) is 23.2 Å². The molecule has 0 spiro atoms. The minimum atomic E-state index is -0.432. The average molecular weight is 435 g/mol. The lowest BCUT2D eigenvalue weighted by Gasteiger charge is -2.45. The smallest absolute Gasteiger partial charge is 0.229 e. The lowest BCUT2D eigenvalue weighted by molar-refractivity contribution is -0.128. The van der Waals surface area contributed by atoms with Gasteiger partial charge < -0.3 is 16.0 Å². The number of likely N-dealkylation sites (N-methyl/N-ethyl adjacent to an activating group) is 1. The van der Waals surface area contributed by atoms with Crippen LogP contribution in [0.25, 0.3) is 0 Å². The van der Waals surface area contributed by atoms with Crippen LogP contribution in [0.3, 0.4) is 0 Å². The molecule has 0 saturated carbocycles. The lowest BCUT2D eigenvalue weighted by Crippen LogP contribution is -2.65. The summed E-state index contributed by atoms with van der Waals surface area (Å²) in [6, 6.07) is 0.242. The molecule has 6 N–H and O–H groups in total. The van der Waals surface area contributed by atoms with Crippen molar-refractivity contribution in [3.05, 3.63) is 0 Å². The Hall–Kier alpha value is -0.230. The van der Waals surface area contributed by atoms with E-state index in [4.69, 9.17) is 28.9 Å². The summed E-state index contributed by atoms with van der Waals surface area (Å²) >= 11 is 12.6. The van der Waals surface area contributed by atoms with Crippen LogP contribution in [-0.4, -0.2) is 109 Å². The molecule has 4 saturated heterocycles. The molecule has 4 fully saturated rings. The Morgan fingerprint density at radius 2 is 1.89 bits per heavy atom. The number of hydrogen-bond donors (Lipinski definition) is 5. The monoisotopic (exact) mass is 434 g/mol. The van der Waals surface area contributed by atoms with Crippen molar-refractivity contribution in [2.24, 2.45) is 11.7 Å². The van der Waals surface area contributed by atoms with Gasteiger partial charge in [0.1, 0.15) is 0 Å². The van der Waals surface area contributed by atoms with E-state index in [0.29, 0.717) is 19.6 Å². The predicted molar refractivity (Wildman–Crippen MR) is 110 cm³/mol. The van der Waals surface area contributed by atoms with Crippen molar-refractivity contribution in [3.8, 4) is 0 Å². The van der Waals surface area contributed by atoms with E-state index >= 15 is 0 Å². The van der Waals surface area contributed by atoms with Gasteiger partial charge in [0, 0.05) is 51.9 Å². The highest BCUT2D eigenvalue weighted by molar-refractivity contribution is 6.21. The maximum atomic E-state index is 13.2. The minimum absolute atomic E-state index is 0.00238. The summed E-state index contributed by atoms with van der Waals surface area (Å²) < 4.78 is 0. The van der Waals surface area contributed by atoms with Crippen LogP contribution in [0.1, 0.15) is 6.42 Å². The van der Waals surface area contributed by atoms with Crippen LogP contribution in [0.15, 0.2) is 0 Å². The van der Waals surface area contributed by atoms with Crippen molar-refractivity contribution in [2.45, 2.75) is 41.7 Å². The Balaban J connectivity index is 1.42. The summed E-state index contributed by atoms with van der Waals surface area (Å²) in [5.74, 6) is -0.391. The van der Waals surface area contributed by atoms with Crippen molar-refractivity contribution in [2.75, 3.05) is 52.9 Å².